The minimum atomic E-state index is -1.14. The average molecular weight is 293 g/mol. The summed E-state index contributed by atoms with van der Waals surface area (Å²) < 4.78 is 24.0. The number of hydrogen-bond acceptors (Lipinski definition) is 4. The number of esters is 1. The van der Waals surface area contributed by atoms with Crippen molar-refractivity contribution in [1.82, 2.24) is 4.90 Å². The predicted octanol–water partition coefficient (Wildman–Crippen LogP) is 1.91. The van der Waals surface area contributed by atoms with Crippen molar-refractivity contribution in [3.8, 4) is 0 Å². The summed E-state index contributed by atoms with van der Waals surface area (Å²) in [5.74, 6) is -0.885. The van der Waals surface area contributed by atoms with Crippen molar-refractivity contribution >= 4 is 12.1 Å². The van der Waals surface area contributed by atoms with Crippen molar-refractivity contribution in [3.63, 3.8) is 0 Å². The zero-order chi connectivity index (χ0) is 15.0. The molecule has 0 radical (unpaired) electrons. The SMILES string of the molecule is CC(=O)O[C@@H]1[C@H]2CN(C(=O)OCc3ccccc3)[C@@H]1[C@@H]2F. The van der Waals surface area contributed by atoms with Gasteiger partial charge in [-0.2, -0.15) is 0 Å². The van der Waals surface area contributed by atoms with Crippen molar-refractivity contribution in [3.05, 3.63) is 35.9 Å². The molecule has 3 fully saturated rings. The van der Waals surface area contributed by atoms with Gasteiger partial charge in [-0.3, -0.25) is 9.69 Å². The lowest BCUT2D eigenvalue weighted by Crippen LogP contribution is -2.56. The van der Waals surface area contributed by atoms with Gasteiger partial charge in [-0.1, -0.05) is 30.3 Å². The molecule has 1 aromatic rings. The summed E-state index contributed by atoms with van der Waals surface area (Å²) in [6.45, 7) is 1.66. The Balaban J connectivity index is 1.58. The van der Waals surface area contributed by atoms with Gasteiger partial charge < -0.3 is 9.47 Å². The number of fused-ring (bicyclic) bond motifs is 1. The van der Waals surface area contributed by atoms with Gasteiger partial charge in [0.05, 0.1) is 0 Å². The molecule has 1 amide bonds. The molecule has 3 aliphatic rings. The first-order valence-electron chi connectivity index (χ1n) is 6.86. The fraction of sp³-hybridized carbons (Fsp3) is 0.467. The molecule has 2 heterocycles. The number of benzene rings is 1. The van der Waals surface area contributed by atoms with Crippen LogP contribution in [-0.4, -0.2) is 41.8 Å². The number of hydrogen-bond donors (Lipinski definition) is 0. The molecule has 5 nitrogen and oxygen atoms in total. The second kappa shape index (κ2) is 5.35. The highest BCUT2D eigenvalue weighted by atomic mass is 19.1. The van der Waals surface area contributed by atoms with Gasteiger partial charge in [-0.15, -0.1) is 0 Å². The summed E-state index contributed by atoms with van der Waals surface area (Å²) in [5.41, 5.74) is 0.866. The zero-order valence-corrected chi connectivity index (χ0v) is 11.6. The highest BCUT2D eigenvalue weighted by Gasteiger charge is 2.64. The number of rotatable bonds is 3. The van der Waals surface area contributed by atoms with Gasteiger partial charge in [0.2, 0.25) is 0 Å². The quantitative estimate of drug-likeness (QED) is 0.799. The number of carbonyl (C=O) groups excluding carboxylic acids is 2. The fourth-order valence-electron chi connectivity index (χ4n) is 2.97. The monoisotopic (exact) mass is 293 g/mol. The molecule has 1 aromatic carbocycles. The van der Waals surface area contributed by atoms with E-state index < -0.39 is 36.3 Å². The van der Waals surface area contributed by atoms with Crippen molar-refractivity contribution < 1.29 is 23.5 Å². The summed E-state index contributed by atoms with van der Waals surface area (Å²) in [4.78, 5) is 24.3. The summed E-state index contributed by atoms with van der Waals surface area (Å²) in [6, 6.07) is 8.56. The van der Waals surface area contributed by atoms with Crippen LogP contribution in [0, 0.1) is 5.92 Å². The van der Waals surface area contributed by atoms with E-state index in [-0.39, 0.29) is 13.2 Å². The van der Waals surface area contributed by atoms with Crippen LogP contribution in [0.1, 0.15) is 12.5 Å². The minimum Gasteiger partial charge on any atom is -0.460 e. The molecular formula is C15H16FNO4. The first kappa shape index (κ1) is 13.9. The molecule has 112 valence electrons. The van der Waals surface area contributed by atoms with Gasteiger partial charge in [0, 0.05) is 19.4 Å². The van der Waals surface area contributed by atoms with E-state index in [1.165, 1.54) is 11.8 Å². The lowest BCUT2D eigenvalue weighted by molar-refractivity contribution is -0.161. The third-order valence-electron chi connectivity index (χ3n) is 4.00. The van der Waals surface area contributed by atoms with Crippen LogP contribution in [0.25, 0.3) is 0 Å². The molecular weight excluding hydrogens is 277 g/mol. The van der Waals surface area contributed by atoms with Gasteiger partial charge in [0.25, 0.3) is 0 Å². The van der Waals surface area contributed by atoms with Crippen LogP contribution in [0.15, 0.2) is 30.3 Å². The molecule has 0 N–H and O–H groups in total. The van der Waals surface area contributed by atoms with Gasteiger partial charge in [-0.25, -0.2) is 9.18 Å². The van der Waals surface area contributed by atoms with Crippen LogP contribution in [-0.2, 0) is 20.9 Å². The molecule has 2 saturated heterocycles. The molecule has 6 heteroatoms. The standard InChI is InChI=1S/C15H16FNO4/c1-9(18)21-14-11-7-17(13(14)12(11)16)15(19)20-8-10-5-3-2-4-6-10/h2-6,11-14H,7-8H2,1H3/t11-,12+,13+,14+/m0/s1. The van der Waals surface area contributed by atoms with Crippen LogP contribution in [0.3, 0.4) is 0 Å². The molecule has 4 atom stereocenters. The molecule has 2 bridgehead atoms. The van der Waals surface area contributed by atoms with Crippen molar-refractivity contribution in [1.29, 1.82) is 0 Å². The molecule has 0 aromatic heterocycles. The normalized spacial score (nSPS) is 29.7. The average Bonchev–Trinajstić information content (AvgIpc) is 3.02. The molecule has 21 heavy (non-hydrogen) atoms. The second-order valence-corrected chi connectivity index (χ2v) is 5.37. The van der Waals surface area contributed by atoms with Crippen molar-refractivity contribution in [2.45, 2.75) is 31.8 Å². The smallest absolute Gasteiger partial charge is 0.410 e. The minimum absolute atomic E-state index is 0.142. The van der Waals surface area contributed by atoms with Crippen LogP contribution < -0.4 is 0 Å². The van der Waals surface area contributed by atoms with Crippen LogP contribution in [0.5, 0.6) is 0 Å². The Bertz CT molecular complexity index is 550. The van der Waals surface area contributed by atoms with E-state index >= 15 is 0 Å². The molecule has 1 saturated carbocycles. The van der Waals surface area contributed by atoms with Crippen LogP contribution >= 0.6 is 0 Å². The van der Waals surface area contributed by atoms with E-state index in [0.717, 1.165) is 5.56 Å². The van der Waals surface area contributed by atoms with E-state index in [1.807, 2.05) is 30.3 Å². The number of nitrogens with zero attached hydrogens (tertiary/aromatic N) is 1. The molecule has 0 unspecified atom stereocenters. The van der Waals surface area contributed by atoms with E-state index in [9.17, 15) is 14.0 Å². The Hall–Kier alpha value is -2.11. The van der Waals surface area contributed by atoms with Gasteiger partial charge in [0.1, 0.15) is 24.9 Å². The summed E-state index contributed by atoms with van der Waals surface area (Å²) >= 11 is 0. The highest BCUT2D eigenvalue weighted by molar-refractivity contribution is 5.71. The number of carbonyl (C=O) groups is 2. The van der Waals surface area contributed by atoms with Crippen LogP contribution in [0.4, 0.5) is 9.18 Å². The highest BCUT2D eigenvalue weighted by Crippen LogP contribution is 2.45. The fourth-order valence-corrected chi connectivity index (χ4v) is 2.97. The molecule has 2 aliphatic heterocycles. The maximum absolute atomic E-state index is 13.8. The van der Waals surface area contributed by atoms with Gasteiger partial charge in [-0.05, 0) is 5.56 Å². The summed E-state index contributed by atoms with van der Waals surface area (Å²) in [7, 11) is 0. The third-order valence-corrected chi connectivity index (χ3v) is 4.00. The predicted molar refractivity (Wildman–Crippen MR) is 71.1 cm³/mol. The maximum Gasteiger partial charge on any atom is 0.410 e. The number of amides is 1. The van der Waals surface area contributed by atoms with E-state index in [2.05, 4.69) is 0 Å². The number of alkyl halides is 1. The van der Waals surface area contributed by atoms with Crippen LogP contribution in [0.2, 0.25) is 0 Å². The lowest BCUT2D eigenvalue weighted by atomic mass is 9.80. The maximum atomic E-state index is 13.8. The topological polar surface area (TPSA) is 55.8 Å². The van der Waals surface area contributed by atoms with Gasteiger partial charge >= 0.3 is 12.1 Å². The van der Waals surface area contributed by atoms with Crippen molar-refractivity contribution in [2.75, 3.05) is 6.54 Å². The molecule has 1 aliphatic carbocycles. The molecule has 4 rings (SSSR count). The lowest BCUT2D eigenvalue weighted by Gasteiger charge is -2.38. The Labute approximate surface area is 121 Å². The van der Waals surface area contributed by atoms with Crippen molar-refractivity contribution in [2.24, 2.45) is 5.92 Å². The van der Waals surface area contributed by atoms with E-state index in [4.69, 9.17) is 9.47 Å². The first-order valence-corrected chi connectivity index (χ1v) is 6.86. The van der Waals surface area contributed by atoms with Gasteiger partial charge in [0.15, 0.2) is 0 Å². The number of ether oxygens (including phenoxy) is 2. The zero-order valence-electron chi connectivity index (χ0n) is 11.6. The summed E-state index contributed by atoms with van der Waals surface area (Å²) in [6.07, 6.45) is -2.25. The Morgan fingerprint density at radius 1 is 1.33 bits per heavy atom. The van der Waals surface area contributed by atoms with E-state index in [1.54, 1.807) is 0 Å². The first-order chi connectivity index (χ1) is 10.1. The molecule has 0 spiro atoms. The summed E-state index contributed by atoms with van der Waals surface area (Å²) in [5, 5.41) is 0. The van der Waals surface area contributed by atoms with E-state index in [0.29, 0.717) is 0 Å². The largest absolute Gasteiger partial charge is 0.460 e. The Morgan fingerprint density at radius 3 is 2.71 bits per heavy atom. The third kappa shape index (κ3) is 2.46. The number of halogens is 1. The Morgan fingerprint density at radius 2 is 2.05 bits per heavy atom. The Kier molecular flexibility index (Phi) is 3.53. The second-order valence-electron chi connectivity index (χ2n) is 5.37.